The fraction of sp³-hybridized carbons (Fsp3) is 0.389. The summed E-state index contributed by atoms with van der Waals surface area (Å²) in [6.07, 6.45) is 2.07. The van der Waals surface area contributed by atoms with E-state index >= 15 is 0 Å². The summed E-state index contributed by atoms with van der Waals surface area (Å²) < 4.78 is 2.14. The van der Waals surface area contributed by atoms with Crippen molar-refractivity contribution in [2.75, 3.05) is 5.32 Å². The molecule has 0 spiro atoms. The van der Waals surface area contributed by atoms with Crippen LogP contribution in [-0.4, -0.2) is 23.0 Å². The maximum atomic E-state index is 4.84. The van der Waals surface area contributed by atoms with Gasteiger partial charge < -0.3 is 5.32 Å². The van der Waals surface area contributed by atoms with Gasteiger partial charge in [0, 0.05) is 17.1 Å². The smallest absolute Gasteiger partial charge is 0.195 e. The molecule has 1 N–H and O–H groups in total. The molecule has 0 saturated heterocycles. The molecule has 126 valence electrons. The number of aromatic nitrogens is 2. The molecule has 0 bridgehead atoms. The molecular formula is C18H23N3S2Si. The van der Waals surface area contributed by atoms with Gasteiger partial charge >= 0.3 is 0 Å². The van der Waals surface area contributed by atoms with Crippen LogP contribution < -0.4 is 5.32 Å². The van der Waals surface area contributed by atoms with Gasteiger partial charge in [0.05, 0.1) is 9.75 Å². The summed E-state index contributed by atoms with van der Waals surface area (Å²) in [5.74, 6) is 4.41. The molecule has 0 amide bonds. The van der Waals surface area contributed by atoms with Crippen molar-refractivity contribution in [2.24, 2.45) is 0 Å². The van der Waals surface area contributed by atoms with Crippen LogP contribution in [0.1, 0.15) is 25.6 Å². The molecule has 0 unspecified atom stereocenters. The summed E-state index contributed by atoms with van der Waals surface area (Å²) in [5.41, 5.74) is 4.43. The van der Waals surface area contributed by atoms with Gasteiger partial charge in [-0.15, -0.1) is 28.2 Å². The summed E-state index contributed by atoms with van der Waals surface area (Å²) in [6, 6.07) is 4.25. The largest absolute Gasteiger partial charge is 0.365 e. The highest BCUT2D eigenvalue weighted by molar-refractivity contribution is 7.16. The number of rotatable bonds is 2. The van der Waals surface area contributed by atoms with E-state index in [4.69, 9.17) is 4.98 Å². The van der Waals surface area contributed by atoms with Crippen molar-refractivity contribution in [3.63, 3.8) is 0 Å². The third kappa shape index (κ3) is 3.91. The Labute approximate surface area is 152 Å². The lowest BCUT2D eigenvalue weighted by Gasteiger charge is -2.22. The Morgan fingerprint density at radius 1 is 1.21 bits per heavy atom. The zero-order valence-electron chi connectivity index (χ0n) is 15.0. The number of fused-ring (bicyclic) bond motifs is 1. The Kier molecular flexibility index (Phi) is 4.37. The van der Waals surface area contributed by atoms with Crippen LogP contribution in [0.4, 0.5) is 5.82 Å². The maximum absolute atomic E-state index is 4.84. The highest BCUT2D eigenvalue weighted by atomic mass is 32.1. The van der Waals surface area contributed by atoms with Crippen LogP contribution in [0.2, 0.25) is 19.6 Å². The Morgan fingerprint density at radius 2 is 1.96 bits per heavy atom. The highest BCUT2D eigenvalue weighted by Gasteiger charge is 2.20. The summed E-state index contributed by atoms with van der Waals surface area (Å²) >= 11 is 3.38. The van der Waals surface area contributed by atoms with E-state index in [1.807, 2.05) is 0 Å². The molecule has 0 aliphatic carbocycles. The number of imidazole rings is 1. The van der Waals surface area contributed by atoms with Crippen LogP contribution in [0.25, 0.3) is 15.5 Å². The molecule has 0 aromatic carbocycles. The summed E-state index contributed by atoms with van der Waals surface area (Å²) in [5, 5.41) is 5.68. The molecular weight excluding hydrogens is 350 g/mol. The van der Waals surface area contributed by atoms with Crippen LogP contribution in [0.5, 0.6) is 0 Å². The van der Waals surface area contributed by atoms with Gasteiger partial charge in [0.15, 0.2) is 4.96 Å². The molecule has 0 fully saturated rings. The lowest BCUT2D eigenvalue weighted by atomic mass is 10.1. The Hall–Kier alpha value is -1.55. The Bertz CT molecular complexity index is 923. The predicted octanol–water partition coefficient (Wildman–Crippen LogP) is 5.56. The number of anilines is 1. The predicted molar refractivity (Wildman–Crippen MR) is 110 cm³/mol. The zero-order valence-corrected chi connectivity index (χ0v) is 17.7. The monoisotopic (exact) mass is 373 g/mol. The molecule has 0 aliphatic rings. The minimum atomic E-state index is -1.35. The van der Waals surface area contributed by atoms with E-state index in [2.05, 4.69) is 85.3 Å². The van der Waals surface area contributed by atoms with Gasteiger partial charge in [-0.2, -0.15) is 0 Å². The van der Waals surface area contributed by atoms with Crippen molar-refractivity contribution in [1.29, 1.82) is 0 Å². The second-order valence-corrected chi connectivity index (χ2v) is 14.6. The lowest BCUT2D eigenvalue weighted by molar-refractivity contribution is 0.630. The van der Waals surface area contributed by atoms with Crippen molar-refractivity contribution in [3.8, 4) is 22.0 Å². The molecule has 0 radical (unpaired) electrons. The van der Waals surface area contributed by atoms with Gasteiger partial charge in [-0.3, -0.25) is 4.40 Å². The first kappa shape index (κ1) is 17.3. The Morgan fingerprint density at radius 3 is 2.62 bits per heavy atom. The van der Waals surface area contributed by atoms with Crippen molar-refractivity contribution in [2.45, 2.75) is 46.0 Å². The maximum Gasteiger partial charge on any atom is 0.195 e. The highest BCUT2D eigenvalue weighted by Crippen LogP contribution is 2.36. The normalized spacial score (nSPS) is 12.2. The fourth-order valence-corrected chi connectivity index (χ4v) is 4.38. The average Bonchev–Trinajstić information content (AvgIpc) is 3.11. The second kappa shape index (κ2) is 6.07. The van der Waals surface area contributed by atoms with Crippen LogP contribution in [-0.2, 0) is 0 Å². The topological polar surface area (TPSA) is 29.3 Å². The van der Waals surface area contributed by atoms with E-state index < -0.39 is 8.07 Å². The first-order valence-corrected chi connectivity index (χ1v) is 13.2. The van der Waals surface area contributed by atoms with E-state index in [1.54, 1.807) is 22.7 Å². The first-order chi connectivity index (χ1) is 11.1. The van der Waals surface area contributed by atoms with E-state index in [0.717, 1.165) is 26.2 Å². The van der Waals surface area contributed by atoms with Crippen molar-refractivity contribution in [1.82, 2.24) is 9.38 Å². The minimum Gasteiger partial charge on any atom is -0.365 e. The molecule has 6 heteroatoms. The molecule has 3 aromatic heterocycles. The zero-order chi connectivity index (χ0) is 17.5. The number of nitrogens with zero attached hydrogens (tertiary/aromatic N) is 2. The van der Waals surface area contributed by atoms with E-state index in [1.165, 1.54) is 0 Å². The van der Waals surface area contributed by atoms with Crippen molar-refractivity contribution >= 4 is 41.5 Å². The van der Waals surface area contributed by atoms with Crippen LogP contribution in [0.15, 0.2) is 23.7 Å². The summed E-state index contributed by atoms with van der Waals surface area (Å²) in [6.45, 7) is 13.3. The molecule has 3 nitrogen and oxygen atoms in total. The van der Waals surface area contributed by atoms with Gasteiger partial charge in [-0.1, -0.05) is 25.6 Å². The summed E-state index contributed by atoms with van der Waals surface area (Å²) in [4.78, 5) is 8.13. The molecule has 24 heavy (non-hydrogen) atoms. The summed E-state index contributed by atoms with van der Waals surface area (Å²) in [7, 11) is -1.35. The van der Waals surface area contributed by atoms with Crippen LogP contribution in [0.3, 0.4) is 0 Å². The third-order valence-corrected chi connectivity index (χ3v) is 5.79. The van der Waals surface area contributed by atoms with E-state index in [9.17, 15) is 0 Å². The Balaban J connectivity index is 2.03. The molecule has 0 saturated carbocycles. The van der Waals surface area contributed by atoms with Gasteiger partial charge in [0.25, 0.3) is 0 Å². The van der Waals surface area contributed by atoms with Crippen LogP contribution in [0, 0.1) is 11.5 Å². The van der Waals surface area contributed by atoms with Gasteiger partial charge in [0.2, 0.25) is 0 Å². The van der Waals surface area contributed by atoms with Crippen molar-refractivity contribution in [3.05, 3.63) is 28.6 Å². The number of thiazole rings is 1. The van der Waals surface area contributed by atoms with Gasteiger partial charge in [0.1, 0.15) is 19.6 Å². The fourth-order valence-electron chi connectivity index (χ4n) is 2.21. The number of nitrogens with one attached hydrogen (secondary N) is 1. The molecule has 0 aliphatic heterocycles. The van der Waals surface area contributed by atoms with Crippen molar-refractivity contribution < 1.29 is 0 Å². The molecule has 0 atom stereocenters. The lowest BCUT2D eigenvalue weighted by Crippen LogP contribution is -2.27. The average molecular weight is 374 g/mol. The molecule has 3 heterocycles. The van der Waals surface area contributed by atoms with E-state index in [0.29, 0.717) is 0 Å². The third-order valence-electron chi connectivity index (χ3n) is 3.16. The first-order valence-electron chi connectivity index (χ1n) is 7.99. The number of thiophene rings is 1. The molecule has 3 aromatic rings. The SMILES string of the molecule is CC(C)(C)Nc1c(-c2ccc(C#C[Si](C)(C)C)s2)nc2sccn12. The standard InChI is InChI=1S/C18H23N3S2Si/c1-18(2,3)20-16-15(19-17-21(16)10-11-22-17)14-8-7-13(23-14)9-12-24(4,5)6/h7-8,10-11,20H,1-6H3. The number of hydrogen-bond donors (Lipinski definition) is 1. The van der Waals surface area contributed by atoms with Gasteiger partial charge in [-0.25, -0.2) is 4.98 Å². The number of hydrogen-bond acceptors (Lipinski definition) is 4. The van der Waals surface area contributed by atoms with Gasteiger partial charge in [-0.05, 0) is 32.9 Å². The quantitative estimate of drug-likeness (QED) is 0.470. The molecule has 3 rings (SSSR count). The van der Waals surface area contributed by atoms with E-state index in [-0.39, 0.29) is 5.54 Å². The van der Waals surface area contributed by atoms with Crippen LogP contribution >= 0.6 is 22.7 Å². The minimum absolute atomic E-state index is 0.0234. The second-order valence-electron chi connectivity index (χ2n) is 7.90.